The van der Waals surface area contributed by atoms with Gasteiger partial charge >= 0.3 is 5.97 Å². The molecule has 0 saturated heterocycles. The molecular weight excluding hydrogens is 332 g/mol. The van der Waals surface area contributed by atoms with E-state index in [-0.39, 0.29) is 0 Å². The SMILES string of the molecule is CCCCCCCCCCCCCCCCC(C)(C(=O)O)c1ccccc1. The molecule has 1 unspecified atom stereocenters. The Morgan fingerprint density at radius 3 is 1.56 bits per heavy atom. The standard InChI is InChI=1S/C25H42O2/c1-3-4-5-6-7-8-9-10-11-12-13-14-15-19-22-25(2,24(26)27)23-20-17-16-18-21-23/h16-18,20-21H,3-15,19,22H2,1-2H3,(H,26,27). The zero-order chi connectivity index (χ0) is 19.8. The third kappa shape index (κ3) is 9.98. The van der Waals surface area contributed by atoms with Crippen molar-refractivity contribution < 1.29 is 9.90 Å². The van der Waals surface area contributed by atoms with Gasteiger partial charge in [-0.25, -0.2) is 0 Å². The van der Waals surface area contributed by atoms with E-state index in [1.165, 1.54) is 77.0 Å². The second kappa shape index (κ2) is 14.7. The van der Waals surface area contributed by atoms with Crippen LogP contribution in [0, 0.1) is 0 Å². The minimum absolute atomic E-state index is 0.705. The maximum Gasteiger partial charge on any atom is 0.313 e. The highest BCUT2D eigenvalue weighted by Crippen LogP contribution is 2.30. The van der Waals surface area contributed by atoms with E-state index in [0.29, 0.717) is 0 Å². The number of benzene rings is 1. The quantitative estimate of drug-likeness (QED) is 0.281. The van der Waals surface area contributed by atoms with E-state index in [2.05, 4.69) is 6.92 Å². The molecule has 0 radical (unpaired) electrons. The zero-order valence-electron chi connectivity index (χ0n) is 17.8. The first kappa shape index (κ1) is 23.7. The molecule has 0 aromatic heterocycles. The lowest BCUT2D eigenvalue weighted by Crippen LogP contribution is -2.32. The van der Waals surface area contributed by atoms with Gasteiger partial charge in [-0.15, -0.1) is 0 Å². The number of carboxylic acids is 1. The topological polar surface area (TPSA) is 37.3 Å². The Morgan fingerprint density at radius 2 is 1.15 bits per heavy atom. The van der Waals surface area contributed by atoms with Crippen LogP contribution in [0.15, 0.2) is 30.3 Å². The van der Waals surface area contributed by atoms with Gasteiger partial charge in [0, 0.05) is 0 Å². The fourth-order valence-electron chi connectivity index (χ4n) is 3.85. The highest BCUT2D eigenvalue weighted by molar-refractivity contribution is 5.80. The van der Waals surface area contributed by atoms with Crippen LogP contribution in [0.5, 0.6) is 0 Å². The van der Waals surface area contributed by atoms with E-state index < -0.39 is 11.4 Å². The number of carbonyl (C=O) groups is 1. The molecular formula is C25H42O2. The highest BCUT2D eigenvalue weighted by atomic mass is 16.4. The average molecular weight is 375 g/mol. The van der Waals surface area contributed by atoms with Crippen LogP contribution in [-0.4, -0.2) is 11.1 Å². The number of rotatable bonds is 17. The van der Waals surface area contributed by atoms with Crippen LogP contribution < -0.4 is 0 Å². The van der Waals surface area contributed by atoms with Gasteiger partial charge in [-0.2, -0.15) is 0 Å². The van der Waals surface area contributed by atoms with Crippen LogP contribution in [0.2, 0.25) is 0 Å². The molecule has 0 aliphatic rings. The Bertz CT molecular complexity index is 482. The van der Waals surface area contributed by atoms with Crippen molar-refractivity contribution >= 4 is 5.97 Å². The summed E-state index contributed by atoms with van der Waals surface area (Å²) >= 11 is 0. The Labute approximate surface area is 167 Å². The van der Waals surface area contributed by atoms with Crippen molar-refractivity contribution in [2.45, 2.75) is 116 Å². The van der Waals surface area contributed by atoms with E-state index in [4.69, 9.17) is 0 Å². The van der Waals surface area contributed by atoms with Gasteiger partial charge < -0.3 is 5.11 Å². The molecule has 2 nitrogen and oxygen atoms in total. The number of unbranched alkanes of at least 4 members (excludes halogenated alkanes) is 13. The summed E-state index contributed by atoms with van der Waals surface area (Å²) < 4.78 is 0. The van der Waals surface area contributed by atoms with Crippen LogP contribution in [0.4, 0.5) is 0 Å². The summed E-state index contributed by atoms with van der Waals surface area (Å²) in [5, 5.41) is 9.69. The number of aliphatic carboxylic acids is 1. The lowest BCUT2D eigenvalue weighted by molar-refractivity contribution is -0.143. The van der Waals surface area contributed by atoms with E-state index >= 15 is 0 Å². The predicted molar refractivity (Wildman–Crippen MR) is 116 cm³/mol. The summed E-state index contributed by atoms with van der Waals surface area (Å²) in [5.41, 5.74) is 0.172. The lowest BCUT2D eigenvalue weighted by atomic mass is 9.78. The van der Waals surface area contributed by atoms with Crippen molar-refractivity contribution in [3.05, 3.63) is 35.9 Å². The van der Waals surface area contributed by atoms with Gasteiger partial charge in [-0.3, -0.25) is 4.79 Å². The first-order valence-electron chi connectivity index (χ1n) is 11.4. The number of carboxylic acid groups (broad SMARTS) is 1. The predicted octanol–water partition coefficient (Wildman–Crippen LogP) is 7.90. The molecule has 2 heteroatoms. The molecule has 1 aromatic rings. The Hall–Kier alpha value is -1.31. The molecule has 0 saturated carbocycles. The normalized spacial score (nSPS) is 13.4. The van der Waals surface area contributed by atoms with Gasteiger partial charge in [0.05, 0.1) is 5.41 Å². The summed E-state index contributed by atoms with van der Waals surface area (Å²) in [6, 6.07) is 9.69. The molecule has 1 N–H and O–H groups in total. The Balaban J connectivity index is 2.02. The fraction of sp³-hybridized carbons (Fsp3) is 0.720. The smallest absolute Gasteiger partial charge is 0.313 e. The summed E-state index contributed by atoms with van der Waals surface area (Å²) in [7, 11) is 0. The van der Waals surface area contributed by atoms with Crippen molar-refractivity contribution in [3.63, 3.8) is 0 Å². The second-order valence-electron chi connectivity index (χ2n) is 8.35. The lowest BCUT2D eigenvalue weighted by Gasteiger charge is -2.25. The van der Waals surface area contributed by atoms with Crippen LogP contribution in [0.3, 0.4) is 0 Å². The third-order valence-corrected chi connectivity index (χ3v) is 5.91. The molecule has 0 amide bonds. The molecule has 1 aromatic carbocycles. The molecule has 1 atom stereocenters. The molecule has 0 spiro atoms. The minimum atomic E-state index is -0.752. The van der Waals surface area contributed by atoms with Gasteiger partial charge in [-0.1, -0.05) is 127 Å². The van der Waals surface area contributed by atoms with Crippen LogP contribution in [0.1, 0.15) is 116 Å². The molecule has 0 fully saturated rings. The first-order chi connectivity index (χ1) is 13.1. The van der Waals surface area contributed by atoms with Crippen LogP contribution in [0.25, 0.3) is 0 Å². The Morgan fingerprint density at radius 1 is 0.741 bits per heavy atom. The average Bonchev–Trinajstić information content (AvgIpc) is 2.68. The zero-order valence-corrected chi connectivity index (χ0v) is 17.8. The van der Waals surface area contributed by atoms with Crippen LogP contribution in [-0.2, 0) is 10.2 Å². The summed E-state index contributed by atoms with van der Waals surface area (Å²) in [4.78, 5) is 11.8. The third-order valence-electron chi connectivity index (χ3n) is 5.91. The number of hydrogen-bond acceptors (Lipinski definition) is 1. The molecule has 1 rings (SSSR count). The van der Waals surface area contributed by atoms with Crippen molar-refractivity contribution in [1.29, 1.82) is 0 Å². The summed E-state index contributed by atoms with van der Waals surface area (Å²) in [5.74, 6) is -0.705. The molecule has 27 heavy (non-hydrogen) atoms. The van der Waals surface area contributed by atoms with Crippen molar-refractivity contribution in [1.82, 2.24) is 0 Å². The van der Waals surface area contributed by atoms with Crippen molar-refractivity contribution in [3.8, 4) is 0 Å². The maximum atomic E-state index is 11.8. The molecule has 0 bridgehead atoms. The van der Waals surface area contributed by atoms with E-state index in [9.17, 15) is 9.90 Å². The van der Waals surface area contributed by atoms with Gasteiger partial charge in [0.15, 0.2) is 0 Å². The maximum absolute atomic E-state index is 11.8. The number of hydrogen-bond donors (Lipinski definition) is 1. The molecule has 154 valence electrons. The monoisotopic (exact) mass is 374 g/mol. The largest absolute Gasteiger partial charge is 0.481 e. The molecule has 0 heterocycles. The van der Waals surface area contributed by atoms with E-state index in [0.717, 1.165) is 24.8 Å². The van der Waals surface area contributed by atoms with E-state index in [1.807, 2.05) is 37.3 Å². The van der Waals surface area contributed by atoms with Gasteiger partial charge in [-0.05, 0) is 18.9 Å². The van der Waals surface area contributed by atoms with Crippen LogP contribution >= 0.6 is 0 Å². The summed E-state index contributed by atoms with van der Waals surface area (Å²) in [6.07, 6.45) is 19.3. The first-order valence-corrected chi connectivity index (χ1v) is 11.4. The summed E-state index contributed by atoms with van der Waals surface area (Å²) in [6.45, 7) is 4.14. The van der Waals surface area contributed by atoms with Gasteiger partial charge in [0.1, 0.15) is 0 Å². The fourth-order valence-corrected chi connectivity index (χ4v) is 3.85. The Kier molecular flexibility index (Phi) is 12.9. The highest BCUT2D eigenvalue weighted by Gasteiger charge is 2.34. The minimum Gasteiger partial charge on any atom is -0.481 e. The molecule has 0 aliphatic carbocycles. The molecule has 0 aliphatic heterocycles. The van der Waals surface area contributed by atoms with Gasteiger partial charge in [0.2, 0.25) is 0 Å². The van der Waals surface area contributed by atoms with Gasteiger partial charge in [0.25, 0.3) is 0 Å². The van der Waals surface area contributed by atoms with Crippen molar-refractivity contribution in [2.75, 3.05) is 0 Å². The second-order valence-corrected chi connectivity index (χ2v) is 8.35. The van der Waals surface area contributed by atoms with Crippen molar-refractivity contribution in [2.24, 2.45) is 0 Å². The van der Waals surface area contributed by atoms with E-state index in [1.54, 1.807) is 0 Å².